The molecule has 5 heavy (non-hydrogen) atoms. The maximum absolute atomic E-state index is 0. The Morgan fingerprint density at radius 1 is 0.600 bits per heavy atom. The molecule has 0 spiro atoms. The molecule has 0 aromatic rings. The molecule has 0 bridgehead atoms. The molecule has 0 unspecified atom stereocenters. The van der Waals surface area contributed by atoms with Crippen LogP contribution in [0.2, 0.25) is 0 Å². The van der Waals surface area contributed by atoms with Gasteiger partial charge in [0.05, 0.1) is 0 Å². The van der Waals surface area contributed by atoms with Crippen molar-refractivity contribution in [2.45, 2.75) is 0 Å². The van der Waals surface area contributed by atoms with E-state index >= 15 is 0 Å². The summed E-state index contributed by atoms with van der Waals surface area (Å²) in [6.07, 6.45) is 0. The first kappa shape index (κ1) is 48.4. The van der Waals surface area contributed by atoms with Gasteiger partial charge in [-0.25, -0.2) is 0 Å². The average molecular weight is 433 g/mol. The monoisotopic (exact) mass is 430 g/mol. The fourth-order valence-electron chi connectivity index (χ4n) is 0. The van der Waals surface area contributed by atoms with Gasteiger partial charge in [0.1, 0.15) is 0 Å². The number of hydrogen-bond acceptors (Lipinski definition) is 0. The van der Waals surface area contributed by atoms with Gasteiger partial charge in [0.25, 0.3) is 0 Å². The Bertz CT molecular complexity index is 6.85. The van der Waals surface area contributed by atoms with Crippen LogP contribution in [-0.4, -0.2) is 5.48 Å². The zero-order valence-electron chi connectivity index (χ0n) is 1.89. The van der Waals surface area contributed by atoms with Crippen molar-refractivity contribution < 1.29 is 93.3 Å². The van der Waals surface area contributed by atoms with Crippen molar-refractivity contribution in [1.82, 2.24) is 0 Å². The van der Waals surface area contributed by atoms with Crippen LogP contribution < -0.4 is 50.9 Å². The molecule has 0 aliphatic rings. The van der Waals surface area contributed by atoms with Gasteiger partial charge in [-0.15, -0.1) is 0 Å². The zero-order chi connectivity index (χ0) is 0. The summed E-state index contributed by atoms with van der Waals surface area (Å²) in [5, 5.41) is 0. The van der Waals surface area contributed by atoms with Gasteiger partial charge in [-0.1, -0.05) is 0 Å². The normalized spacial score (nSPS) is 0. The molecule has 0 fully saturated rings. The molecule has 0 saturated carbocycles. The van der Waals surface area contributed by atoms with E-state index in [9.17, 15) is 0 Å². The first-order valence-corrected chi connectivity index (χ1v) is 0. The van der Waals surface area contributed by atoms with Crippen LogP contribution in [0.1, 0.15) is 0 Å². The van der Waals surface area contributed by atoms with Crippen molar-refractivity contribution in [3.05, 3.63) is 0 Å². The van der Waals surface area contributed by atoms with Crippen LogP contribution in [0.25, 0.3) is 0 Å². The third-order valence-corrected chi connectivity index (χ3v) is 0. The van der Waals surface area contributed by atoms with E-state index in [4.69, 9.17) is 0 Å². The van der Waals surface area contributed by atoms with Crippen LogP contribution in [0.15, 0.2) is 0 Å². The van der Waals surface area contributed by atoms with Crippen molar-refractivity contribution in [2.75, 3.05) is 0 Å². The van der Waals surface area contributed by atoms with Crippen molar-refractivity contribution in [3.63, 3.8) is 0 Å². The van der Waals surface area contributed by atoms with Crippen molar-refractivity contribution >= 4 is 0 Å². The van der Waals surface area contributed by atoms with Gasteiger partial charge >= 0.3 is 36.9 Å². The van der Waals surface area contributed by atoms with Crippen LogP contribution in [0.3, 0.4) is 0 Å². The Labute approximate surface area is 91.7 Å². The minimum absolute atomic E-state index is 0. The molecule has 0 aromatic heterocycles. The summed E-state index contributed by atoms with van der Waals surface area (Å²) in [7, 11) is 0. The van der Waals surface area contributed by atoms with E-state index in [1.54, 1.807) is 0 Å². The standard InChI is InChI=1S/3BrH.Lu.H2O/h3*1H;;1H2/q;;;+3;/p-3. The van der Waals surface area contributed by atoms with E-state index in [0.717, 1.165) is 0 Å². The van der Waals surface area contributed by atoms with Crippen LogP contribution in [0.5, 0.6) is 0 Å². The predicted octanol–water partition coefficient (Wildman–Crippen LogP) is -9.81. The number of halogens is 3. The first-order valence-electron chi connectivity index (χ1n) is 0. The number of hydrogen-bond donors (Lipinski definition) is 0. The molecule has 0 aromatic carbocycles. The molecule has 44 valence electrons. The first-order chi connectivity index (χ1) is 0. The van der Waals surface area contributed by atoms with E-state index in [1.807, 2.05) is 0 Å². The third-order valence-electron chi connectivity index (χ3n) is 0. The average Bonchev–Trinajstić information content (AvgIpc) is 0. The van der Waals surface area contributed by atoms with E-state index in [2.05, 4.69) is 0 Å². The minimum atomic E-state index is 0. The zero-order valence-corrected chi connectivity index (χ0v) is 8.31. The van der Waals surface area contributed by atoms with Crippen molar-refractivity contribution in [1.29, 1.82) is 0 Å². The minimum Gasteiger partial charge on any atom is -1.00 e. The molecule has 5 heteroatoms. The smallest absolute Gasteiger partial charge is 1.00 e. The summed E-state index contributed by atoms with van der Waals surface area (Å²) in [5.74, 6) is 0. The van der Waals surface area contributed by atoms with E-state index in [-0.39, 0.29) is 93.3 Å². The molecule has 0 aliphatic heterocycles. The second-order valence-corrected chi connectivity index (χ2v) is 0. The predicted molar refractivity (Wildman–Crippen MR) is 3.61 cm³/mol. The Morgan fingerprint density at radius 2 is 0.600 bits per heavy atom. The van der Waals surface area contributed by atoms with Gasteiger partial charge < -0.3 is 56.4 Å². The van der Waals surface area contributed by atoms with Gasteiger partial charge in [-0.3, -0.25) is 0 Å². The molecular weight excluding hydrogens is 431 g/mol. The summed E-state index contributed by atoms with van der Waals surface area (Å²) in [6.45, 7) is 0. The second-order valence-electron chi connectivity index (χ2n) is 0. The van der Waals surface area contributed by atoms with Gasteiger partial charge in [0, 0.05) is 0 Å². The topological polar surface area (TPSA) is 31.5 Å². The molecule has 0 aliphatic carbocycles. The largest absolute Gasteiger partial charge is 3.00 e. The Balaban J connectivity index is 0. The van der Waals surface area contributed by atoms with Crippen LogP contribution in [0.4, 0.5) is 0 Å². The summed E-state index contributed by atoms with van der Waals surface area (Å²) >= 11 is 0. The van der Waals surface area contributed by atoms with Gasteiger partial charge in [-0.05, 0) is 0 Å². The molecule has 0 rings (SSSR count). The Kier molecular flexibility index (Phi) is 294. The Morgan fingerprint density at radius 3 is 0.600 bits per heavy atom. The molecule has 2 N–H and O–H groups in total. The fourth-order valence-corrected chi connectivity index (χ4v) is 0. The molecule has 0 heterocycles. The quantitative estimate of drug-likeness (QED) is 0.364. The molecule has 0 amide bonds. The van der Waals surface area contributed by atoms with Crippen molar-refractivity contribution in [2.24, 2.45) is 0 Å². The third kappa shape index (κ3) is 20.5. The molecule has 0 radical (unpaired) electrons. The summed E-state index contributed by atoms with van der Waals surface area (Å²) in [6, 6.07) is 0. The fraction of sp³-hybridized carbons (Fsp3) is 0. The van der Waals surface area contributed by atoms with Gasteiger partial charge in [-0.2, -0.15) is 0 Å². The molecule has 0 saturated heterocycles. The Hall–Kier alpha value is 2.63. The summed E-state index contributed by atoms with van der Waals surface area (Å²) < 4.78 is 0. The van der Waals surface area contributed by atoms with E-state index in [0.29, 0.717) is 0 Å². The van der Waals surface area contributed by atoms with Crippen LogP contribution in [0, 0.1) is 36.9 Å². The van der Waals surface area contributed by atoms with Crippen LogP contribution >= 0.6 is 0 Å². The number of rotatable bonds is 0. The van der Waals surface area contributed by atoms with Gasteiger partial charge in [0.2, 0.25) is 0 Å². The van der Waals surface area contributed by atoms with Crippen LogP contribution in [-0.2, 0) is 0 Å². The van der Waals surface area contributed by atoms with Gasteiger partial charge in [0.15, 0.2) is 0 Å². The maximum atomic E-state index is 0. The molecule has 1 nitrogen and oxygen atoms in total. The summed E-state index contributed by atoms with van der Waals surface area (Å²) in [5.41, 5.74) is 0. The maximum Gasteiger partial charge on any atom is 3.00 e. The molecular formula is H2Br3LuO. The van der Waals surface area contributed by atoms with E-state index < -0.39 is 0 Å². The summed E-state index contributed by atoms with van der Waals surface area (Å²) in [4.78, 5) is 0. The molecule has 0 atom stereocenters. The SMILES string of the molecule is O.[Br-].[Br-].[Br-].[Lu+3]. The van der Waals surface area contributed by atoms with Crippen molar-refractivity contribution in [3.8, 4) is 0 Å². The second kappa shape index (κ2) is 30.4. The van der Waals surface area contributed by atoms with E-state index in [1.165, 1.54) is 0 Å².